The van der Waals surface area contributed by atoms with Crippen molar-refractivity contribution in [1.29, 1.82) is 5.26 Å². The molecule has 5 nitrogen and oxygen atoms in total. The molecule has 0 unspecified atom stereocenters. The van der Waals surface area contributed by atoms with E-state index < -0.39 is 0 Å². The van der Waals surface area contributed by atoms with E-state index in [0.29, 0.717) is 34.8 Å². The number of halogens is 2. The number of guanidine groups is 1. The second-order valence-corrected chi connectivity index (χ2v) is 5.69. The molecule has 0 saturated carbocycles. The standard InChI is InChI=1S/C16H17Cl2N5/c1-20-16(21-9-12-5-3-4-11(6-12)8-19)22-10-13-7-14(17)15(18)23(13)2/h3-7H,9-10H2,1-2H3,(H2,20,21,22). The normalized spacial score (nSPS) is 11.2. The van der Waals surface area contributed by atoms with E-state index >= 15 is 0 Å². The fourth-order valence-electron chi connectivity index (χ4n) is 2.09. The van der Waals surface area contributed by atoms with Gasteiger partial charge in [0, 0.05) is 26.3 Å². The Morgan fingerprint density at radius 1 is 1.26 bits per heavy atom. The van der Waals surface area contributed by atoms with Crippen molar-refractivity contribution in [1.82, 2.24) is 15.2 Å². The Bertz CT molecular complexity index is 758. The summed E-state index contributed by atoms with van der Waals surface area (Å²) in [6, 6.07) is 11.4. The van der Waals surface area contributed by atoms with E-state index in [-0.39, 0.29) is 0 Å². The number of hydrogen-bond donors (Lipinski definition) is 2. The van der Waals surface area contributed by atoms with Crippen LogP contribution in [0.5, 0.6) is 0 Å². The first kappa shape index (κ1) is 17.2. The smallest absolute Gasteiger partial charge is 0.191 e. The van der Waals surface area contributed by atoms with Crippen LogP contribution in [0, 0.1) is 11.3 Å². The molecular formula is C16H17Cl2N5. The van der Waals surface area contributed by atoms with E-state index in [4.69, 9.17) is 28.5 Å². The zero-order valence-electron chi connectivity index (χ0n) is 12.9. The second kappa shape index (κ2) is 7.91. The molecule has 7 heteroatoms. The number of nitriles is 1. The maximum absolute atomic E-state index is 8.92. The summed E-state index contributed by atoms with van der Waals surface area (Å²) in [5, 5.41) is 16.4. The summed E-state index contributed by atoms with van der Waals surface area (Å²) in [5.41, 5.74) is 2.60. The van der Waals surface area contributed by atoms with Crippen molar-refractivity contribution in [3.63, 3.8) is 0 Å². The van der Waals surface area contributed by atoms with E-state index in [9.17, 15) is 0 Å². The topological polar surface area (TPSA) is 65.1 Å². The summed E-state index contributed by atoms with van der Waals surface area (Å²) in [7, 11) is 3.56. The third kappa shape index (κ3) is 4.41. The minimum atomic E-state index is 0.514. The van der Waals surface area contributed by atoms with E-state index in [0.717, 1.165) is 11.3 Å². The highest BCUT2D eigenvalue weighted by atomic mass is 35.5. The van der Waals surface area contributed by atoms with Crippen molar-refractivity contribution in [3.8, 4) is 6.07 Å². The van der Waals surface area contributed by atoms with Crippen LogP contribution >= 0.6 is 23.2 Å². The van der Waals surface area contributed by atoms with Crippen LogP contribution in [0.15, 0.2) is 35.3 Å². The summed E-state index contributed by atoms with van der Waals surface area (Å²) in [4.78, 5) is 4.17. The van der Waals surface area contributed by atoms with Gasteiger partial charge in [-0.15, -0.1) is 0 Å². The Kier molecular flexibility index (Phi) is 5.91. The van der Waals surface area contributed by atoms with Crippen LogP contribution in [-0.2, 0) is 20.1 Å². The summed E-state index contributed by atoms with van der Waals surface area (Å²) in [6.07, 6.45) is 0. The van der Waals surface area contributed by atoms with Gasteiger partial charge in [-0.25, -0.2) is 0 Å². The number of rotatable bonds is 4. The Morgan fingerprint density at radius 2 is 2.00 bits per heavy atom. The summed E-state index contributed by atoms with van der Waals surface area (Å²) in [6.45, 7) is 1.12. The fourth-order valence-corrected chi connectivity index (χ4v) is 2.51. The minimum absolute atomic E-state index is 0.514. The average molecular weight is 350 g/mol. The van der Waals surface area contributed by atoms with Gasteiger partial charge >= 0.3 is 0 Å². The van der Waals surface area contributed by atoms with Crippen LogP contribution in [-0.4, -0.2) is 17.6 Å². The zero-order valence-corrected chi connectivity index (χ0v) is 14.4. The molecule has 0 atom stereocenters. The number of benzene rings is 1. The van der Waals surface area contributed by atoms with Gasteiger partial charge in [0.05, 0.1) is 23.2 Å². The van der Waals surface area contributed by atoms with Crippen LogP contribution in [0.4, 0.5) is 0 Å². The molecule has 120 valence electrons. The Morgan fingerprint density at radius 3 is 2.61 bits per heavy atom. The van der Waals surface area contributed by atoms with Crippen molar-refractivity contribution >= 4 is 29.2 Å². The maximum Gasteiger partial charge on any atom is 0.191 e. The van der Waals surface area contributed by atoms with Crippen molar-refractivity contribution < 1.29 is 0 Å². The van der Waals surface area contributed by atoms with Crippen LogP contribution in [0.2, 0.25) is 10.2 Å². The molecule has 0 bridgehead atoms. The summed E-state index contributed by atoms with van der Waals surface area (Å²) < 4.78 is 1.82. The molecule has 2 N–H and O–H groups in total. The Hall–Kier alpha value is -2.16. The van der Waals surface area contributed by atoms with Gasteiger partial charge in [0.25, 0.3) is 0 Å². The minimum Gasteiger partial charge on any atom is -0.352 e. The van der Waals surface area contributed by atoms with Crippen LogP contribution in [0.3, 0.4) is 0 Å². The lowest BCUT2D eigenvalue weighted by atomic mass is 10.1. The highest BCUT2D eigenvalue weighted by Gasteiger charge is 2.09. The van der Waals surface area contributed by atoms with Gasteiger partial charge in [-0.1, -0.05) is 35.3 Å². The largest absolute Gasteiger partial charge is 0.352 e. The van der Waals surface area contributed by atoms with E-state index in [2.05, 4.69) is 21.7 Å². The highest BCUT2D eigenvalue weighted by Crippen LogP contribution is 2.24. The van der Waals surface area contributed by atoms with E-state index in [1.54, 1.807) is 13.1 Å². The molecule has 2 rings (SSSR count). The first-order chi connectivity index (χ1) is 11.0. The fraction of sp³-hybridized carbons (Fsp3) is 0.250. The molecule has 1 aromatic carbocycles. The SMILES string of the molecule is CN=C(NCc1cccc(C#N)c1)NCc1cc(Cl)c(Cl)n1C. The lowest BCUT2D eigenvalue weighted by molar-refractivity contribution is 0.750. The predicted octanol–water partition coefficient (Wildman–Crippen LogP) is 3.07. The van der Waals surface area contributed by atoms with Gasteiger partial charge in [0.2, 0.25) is 0 Å². The quantitative estimate of drug-likeness (QED) is 0.658. The molecule has 0 aliphatic heterocycles. The molecule has 0 aliphatic carbocycles. The molecule has 0 aliphatic rings. The molecule has 0 saturated heterocycles. The third-order valence-corrected chi connectivity index (χ3v) is 4.23. The van der Waals surface area contributed by atoms with Gasteiger partial charge in [-0.3, -0.25) is 4.99 Å². The zero-order chi connectivity index (χ0) is 16.8. The number of hydrogen-bond acceptors (Lipinski definition) is 2. The average Bonchev–Trinajstić information content (AvgIpc) is 2.82. The highest BCUT2D eigenvalue weighted by molar-refractivity contribution is 6.41. The predicted molar refractivity (Wildman–Crippen MR) is 93.6 cm³/mol. The third-order valence-electron chi connectivity index (χ3n) is 3.39. The number of aliphatic imine (C=N–C) groups is 1. The monoisotopic (exact) mass is 349 g/mol. The number of nitrogens with zero attached hydrogens (tertiary/aromatic N) is 3. The molecule has 0 fully saturated rings. The van der Waals surface area contributed by atoms with Gasteiger partial charge in [-0.05, 0) is 23.8 Å². The second-order valence-electron chi connectivity index (χ2n) is 4.92. The van der Waals surface area contributed by atoms with E-state index in [1.165, 1.54) is 0 Å². The van der Waals surface area contributed by atoms with Crippen molar-refractivity contribution in [2.45, 2.75) is 13.1 Å². The maximum atomic E-state index is 8.92. The van der Waals surface area contributed by atoms with Crippen LogP contribution in [0.1, 0.15) is 16.8 Å². The van der Waals surface area contributed by atoms with Gasteiger partial charge in [0.1, 0.15) is 5.15 Å². The van der Waals surface area contributed by atoms with Gasteiger partial charge < -0.3 is 15.2 Å². The lowest BCUT2D eigenvalue weighted by Crippen LogP contribution is -2.36. The summed E-state index contributed by atoms with van der Waals surface area (Å²) in [5.74, 6) is 0.654. The van der Waals surface area contributed by atoms with Crippen LogP contribution in [0.25, 0.3) is 0 Å². The lowest BCUT2D eigenvalue weighted by Gasteiger charge is -2.12. The summed E-state index contributed by atoms with van der Waals surface area (Å²) >= 11 is 12.0. The molecule has 1 aromatic heterocycles. The molecule has 23 heavy (non-hydrogen) atoms. The molecule has 2 aromatic rings. The molecule has 0 amide bonds. The van der Waals surface area contributed by atoms with Gasteiger partial charge in [-0.2, -0.15) is 5.26 Å². The Balaban J connectivity index is 1.93. The number of aromatic nitrogens is 1. The van der Waals surface area contributed by atoms with Gasteiger partial charge in [0.15, 0.2) is 5.96 Å². The Labute approximate surface area is 145 Å². The van der Waals surface area contributed by atoms with Crippen LogP contribution < -0.4 is 10.6 Å². The molecule has 1 heterocycles. The molecule has 0 spiro atoms. The van der Waals surface area contributed by atoms with Crippen molar-refractivity contribution in [3.05, 3.63) is 57.3 Å². The van der Waals surface area contributed by atoms with Crippen molar-refractivity contribution in [2.75, 3.05) is 7.05 Å². The number of nitrogens with one attached hydrogen (secondary N) is 2. The van der Waals surface area contributed by atoms with Crippen molar-refractivity contribution in [2.24, 2.45) is 12.0 Å². The first-order valence-electron chi connectivity index (χ1n) is 6.98. The molecular weight excluding hydrogens is 333 g/mol. The van der Waals surface area contributed by atoms with E-state index in [1.807, 2.05) is 35.9 Å². The molecule has 0 radical (unpaired) electrons. The first-order valence-corrected chi connectivity index (χ1v) is 7.74.